The van der Waals surface area contributed by atoms with Crippen LogP contribution in [0.5, 0.6) is 0 Å². The van der Waals surface area contributed by atoms with Gasteiger partial charge in [-0.15, -0.1) is 0 Å². The van der Waals surface area contributed by atoms with Gasteiger partial charge in [-0.1, -0.05) is 0 Å². The Kier molecular flexibility index (Phi) is 4.24. The zero-order chi connectivity index (χ0) is 12.2. The topological polar surface area (TPSA) is 21.3 Å². The lowest BCUT2D eigenvalue weighted by Crippen LogP contribution is -2.23. The average molecular weight is 229 g/mol. The summed E-state index contributed by atoms with van der Waals surface area (Å²) in [4.78, 5) is 0. The molecule has 0 spiro atoms. The summed E-state index contributed by atoms with van der Waals surface area (Å²) in [7, 11) is 0. The summed E-state index contributed by atoms with van der Waals surface area (Å²) >= 11 is 0. The highest BCUT2D eigenvalue weighted by molar-refractivity contribution is 5.44. The lowest BCUT2D eigenvalue weighted by Gasteiger charge is -2.19. The van der Waals surface area contributed by atoms with Crippen LogP contribution in [0.4, 0.5) is 14.5 Å². The summed E-state index contributed by atoms with van der Waals surface area (Å²) < 4.78 is 31.2. The normalized spacial score (nSPS) is 11.6. The molecule has 0 unspecified atom stereocenters. The van der Waals surface area contributed by atoms with Crippen molar-refractivity contribution < 1.29 is 13.5 Å². The van der Waals surface area contributed by atoms with Crippen LogP contribution in [0, 0.1) is 11.6 Å². The van der Waals surface area contributed by atoms with Gasteiger partial charge in [0, 0.05) is 12.6 Å². The number of halogens is 2. The molecule has 90 valence electrons. The van der Waals surface area contributed by atoms with Crippen molar-refractivity contribution in [1.29, 1.82) is 0 Å². The molecule has 0 heterocycles. The van der Waals surface area contributed by atoms with E-state index in [2.05, 4.69) is 5.32 Å². The molecule has 0 atom stereocenters. The zero-order valence-corrected chi connectivity index (χ0v) is 9.81. The van der Waals surface area contributed by atoms with Crippen molar-refractivity contribution in [2.75, 3.05) is 18.5 Å². The standard InChI is InChI=1S/C12H17F2NO/c1-12(2,3)16-7-6-15-11-5-4-9(13)8-10(11)14/h4-5,8,15H,6-7H2,1-3H3. The molecule has 0 fully saturated rings. The Balaban J connectivity index is 2.38. The van der Waals surface area contributed by atoms with E-state index < -0.39 is 11.6 Å². The Labute approximate surface area is 94.6 Å². The van der Waals surface area contributed by atoms with Gasteiger partial charge in [0.05, 0.1) is 17.9 Å². The van der Waals surface area contributed by atoms with E-state index in [-0.39, 0.29) is 5.60 Å². The minimum atomic E-state index is -0.587. The van der Waals surface area contributed by atoms with Crippen LogP contribution < -0.4 is 5.32 Å². The van der Waals surface area contributed by atoms with Gasteiger partial charge in [0.25, 0.3) is 0 Å². The Hall–Kier alpha value is -1.16. The summed E-state index contributed by atoms with van der Waals surface area (Å²) in [5.74, 6) is -1.16. The van der Waals surface area contributed by atoms with E-state index in [0.717, 1.165) is 6.07 Å². The maximum absolute atomic E-state index is 13.2. The first kappa shape index (κ1) is 12.9. The van der Waals surface area contributed by atoms with Crippen molar-refractivity contribution in [3.05, 3.63) is 29.8 Å². The number of ether oxygens (including phenoxy) is 1. The van der Waals surface area contributed by atoms with Crippen LogP contribution in [0.3, 0.4) is 0 Å². The summed E-state index contributed by atoms with van der Waals surface area (Å²) in [6.45, 7) is 6.81. The monoisotopic (exact) mass is 229 g/mol. The number of anilines is 1. The van der Waals surface area contributed by atoms with Crippen molar-refractivity contribution >= 4 is 5.69 Å². The van der Waals surface area contributed by atoms with Crippen molar-refractivity contribution in [2.24, 2.45) is 0 Å². The molecule has 1 aromatic rings. The van der Waals surface area contributed by atoms with Gasteiger partial charge in [0.15, 0.2) is 0 Å². The first-order chi connectivity index (χ1) is 7.38. The Morgan fingerprint density at radius 1 is 1.25 bits per heavy atom. The molecule has 0 radical (unpaired) electrons. The van der Waals surface area contributed by atoms with Crippen molar-refractivity contribution in [3.63, 3.8) is 0 Å². The maximum atomic E-state index is 13.2. The van der Waals surface area contributed by atoms with E-state index in [4.69, 9.17) is 4.74 Å². The quantitative estimate of drug-likeness (QED) is 0.800. The van der Waals surface area contributed by atoms with Crippen LogP contribution in [0.2, 0.25) is 0 Å². The Bertz CT molecular complexity index is 347. The molecule has 0 bridgehead atoms. The van der Waals surface area contributed by atoms with Gasteiger partial charge in [0.1, 0.15) is 11.6 Å². The molecule has 0 aliphatic heterocycles. The van der Waals surface area contributed by atoms with E-state index in [1.165, 1.54) is 12.1 Å². The van der Waals surface area contributed by atoms with Crippen LogP contribution >= 0.6 is 0 Å². The molecule has 4 heteroatoms. The minimum absolute atomic E-state index is 0.205. The third-order valence-electron chi connectivity index (χ3n) is 1.88. The second kappa shape index (κ2) is 5.25. The van der Waals surface area contributed by atoms with E-state index >= 15 is 0 Å². The molecule has 0 aromatic heterocycles. The van der Waals surface area contributed by atoms with Crippen LogP contribution in [-0.2, 0) is 4.74 Å². The number of hydrogen-bond donors (Lipinski definition) is 1. The summed E-state index contributed by atoms with van der Waals surface area (Å²) in [5.41, 5.74) is 0.0853. The van der Waals surface area contributed by atoms with Crippen molar-refractivity contribution in [1.82, 2.24) is 0 Å². The highest BCUT2D eigenvalue weighted by Crippen LogP contribution is 2.14. The fraction of sp³-hybridized carbons (Fsp3) is 0.500. The van der Waals surface area contributed by atoms with Gasteiger partial charge in [-0.25, -0.2) is 8.78 Å². The van der Waals surface area contributed by atoms with E-state index in [9.17, 15) is 8.78 Å². The van der Waals surface area contributed by atoms with Gasteiger partial charge in [-0.2, -0.15) is 0 Å². The Morgan fingerprint density at radius 2 is 1.94 bits per heavy atom. The third-order valence-corrected chi connectivity index (χ3v) is 1.88. The average Bonchev–Trinajstić information content (AvgIpc) is 2.13. The molecule has 1 rings (SSSR count). The van der Waals surface area contributed by atoms with Gasteiger partial charge in [-0.3, -0.25) is 0 Å². The molecule has 0 amide bonds. The first-order valence-corrected chi connectivity index (χ1v) is 5.21. The molecule has 1 N–H and O–H groups in total. The molecule has 16 heavy (non-hydrogen) atoms. The van der Waals surface area contributed by atoms with Crippen molar-refractivity contribution in [2.45, 2.75) is 26.4 Å². The molecule has 0 aliphatic rings. The van der Waals surface area contributed by atoms with Crippen LogP contribution in [0.1, 0.15) is 20.8 Å². The summed E-state index contributed by atoms with van der Waals surface area (Å²) in [5, 5.41) is 2.85. The molecular weight excluding hydrogens is 212 g/mol. The smallest absolute Gasteiger partial charge is 0.149 e. The van der Waals surface area contributed by atoms with Crippen LogP contribution in [0.25, 0.3) is 0 Å². The largest absolute Gasteiger partial charge is 0.380 e. The second-order valence-electron chi connectivity index (χ2n) is 4.51. The lowest BCUT2D eigenvalue weighted by atomic mass is 10.2. The van der Waals surface area contributed by atoms with Gasteiger partial charge < -0.3 is 10.1 Å². The summed E-state index contributed by atoms with van der Waals surface area (Å²) in [6, 6.07) is 3.45. The SMILES string of the molecule is CC(C)(C)OCCNc1ccc(F)cc1F. The highest BCUT2D eigenvalue weighted by atomic mass is 19.1. The zero-order valence-electron chi connectivity index (χ0n) is 9.81. The molecule has 1 aromatic carbocycles. The second-order valence-corrected chi connectivity index (χ2v) is 4.51. The minimum Gasteiger partial charge on any atom is -0.380 e. The molecule has 0 aliphatic carbocycles. The Morgan fingerprint density at radius 3 is 2.50 bits per heavy atom. The van der Waals surface area contributed by atoms with Crippen molar-refractivity contribution in [3.8, 4) is 0 Å². The predicted molar refractivity (Wildman–Crippen MR) is 60.6 cm³/mol. The number of nitrogens with one attached hydrogen (secondary N) is 1. The van der Waals surface area contributed by atoms with Gasteiger partial charge >= 0.3 is 0 Å². The first-order valence-electron chi connectivity index (χ1n) is 5.21. The third kappa shape index (κ3) is 4.57. The van der Waals surface area contributed by atoms with E-state index in [1.807, 2.05) is 20.8 Å². The molecule has 0 saturated heterocycles. The highest BCUT2D eigenvalue weighted by Gasteiger charge is 2.09. The fourth-order valence-electron chi connectivity index (χ4n) is 1.18. The van der Waals surface area contributed by atoms with Crippen LogP contribution in [0.15, 0.2) is 18.2 Å². The fourth-order valence-corrected chi connectivity index (χ4v) is 1.18. The molecule has 2 nitrogen and oxygen atoms in total. The molecule has 0 saturated carbocycles. The van der Waals surface area contributed by atoms with E-state index in [1.54, 1.807) is 0 Å². The number of rotatable bonds is 4. The van der Waals surface area contributed by atoms with Gasteiger partial charge in [0.2, 0.25) is 0 Å². The number of benzene rings is 1. The van der Waals surface area contributed by atoms with Crippen LogP contribution in [-0.4, -0.2) is 18.8 Å². The molecular formula is C12H17F2NO. The van der Waals surface area contributed by atoms with E-state index in [0.29, 0.717) is 18.8 Å². The lowest BCUT2D eigenvalue weighted by molar-refractivity contribution is 0.00332. The number of hydrogen-bond acceptors (Lipinski definition) is 2. The summed E-state index contributed by atoms with van der Waals surface area (Å²) in [6.07, 6.45) is 0. The predicted octanol–water partition coefficient (Wildman–Crippen LogP) is 3.19. The van der Waals surface area contributed by atoms with Gasteiger partial charge in [-0.05, 0) is 32.9 Å². The maximum Gasteiger partial charge on any atom is 0.149 e.